The summed E-state index contributed by atoms with van der Waals surface area (Å²) >= 11 is 0. The Morgan fingerprint density at radius 2 is 2.46 bits per heavy atom. The average Bonchev–Trinajstić information content (AvgIpc) is 2.82. The maximum Gasteiger partial charge on any atom is 0.173 e. The quantitative estimate of drug-likeness (QED) is 0.681. The fourth-order valence-electron chi connectivity index (χ4n) is 1.52. The van der Waals surface area contributed by atoms with Gasteiger partial charge in [-0.1, -0.05) is 0 Å². The maximum atomic E-state index is 11.8. The van der Waals surface area contributed by atoms with Crippen LogP contribution < -0.4 is 5.73 Å². The first-order chi connectivity index (χ1) is 6.18. The summed E-state index contributed by atoms with van der Waals surface area (Å²) in [6.45, 7) is 0.459. The van der Waals surface area contributed by atoms with Crippen LogP contribution in [0.25, 0.3) is 0 Å². The van der Waals surface area contributed by atoms with Crippen molar-refractivity contribution in [2.45, 2.75) is 12.8 Å². The molecular formula is C9H13N3O. The van der Waals surface area contributed by atoms with Crippen LogP contribution in [-0.2, 0) is 7.05 Å². The van der Waals surface area contributed by atoms with Crippen LogP contribution in [0.1, 0.15) is 23.2 Å². The monoisotopic (exact) mass is 179 g/mol. The van der Waals surface area contributed by atoms with Gasteiger partial charge in [0.2, 0.25) is 0 Å². The van der Waals surface area contributed by atoms with Crippen LogP contribution in [-0.4, -0.2) is 22.1 Å². The van der Waals surface area contributed by atoms with E-state index in [9.17, 15) is 4.79 Å². The molecular weight excluding hydrogens is 166 g/mol. The van der Waals surface area contributed by atoms with Crippen LogP contribution in [0.5, 0.6) is 0 Å². The van der Waals surface area contributed by atoms with Crippen molar-refractivity contribution < 1.29 is 4.79 Å². The molecule has 0 amide bonds. The number of hydrogen-bond donors (Lipinski definition) is 1. The molecule has 1 fully saturated rings. The summed E-state index contributed by atoms with van der Waals surface area (Å²) in [5.41, 5.74) is 6.00. The summed E-state index contributed by atoms with van der Waals surface area (Å²) in [5, 5.41) is 3.97. The Morgan fingerprint density at radius 1 is 1.77 bits per heavy atom. The lowest BCUT2D eigenvalue weighted by Gasteiger charge is -2.07. The Morgan fingerprint density at radius 3 is 2.85 bits per heavy atom. The number of carbonyl (C=O) groups excluding carboxylic acids is 1. The standard InChI is InChI=1S/C9H13N3O/c1-12-5-7(4-11-12)8(13)9(6-10)2-3-9/h4-5H,2-3,6,10H2,1H3. The van der Waals surface area contributed by atoms with Gasteiger partial charge in [0.25, 0.3) is 0 Å². The number of Topliss-reactive ketones (excluding diaryl/α,β-unsaturated/α-hetero) is 1. The third kappa shape index (κ3) is 1.27. The molecule has 13 heavy (non-hydrogen) atoms. The number of nitrogens with zero attached hydrogens (tertiary/aromatic N) is 2. The highest BCUT2D eigenvalue weighted by Crippen LogP contribution is 2.47. The summed E-state index contributed by atoms with van der Waals surface area (Å²) in [6, 6.07) is 0. The molecule has 1 aromatic rings. The molecule has 1 aliphatic carbocycles. The van der Waals surface area contributed by atoms with E-state index in [1.165, 1.54) is 0 Å². The molecule has 4 nitrogen and oxygen atoms in total. The predicted octanol–water partition coefficient (Wildman–Crippen LogP) is 0.342. The third-order valence-electron chi connectivity index (χ3n) is 2.69. The molecule has 4 heteroatoms. The van der Waals surface area contributed by atoms with Crippen molar-refractivity contribution >= 4 is 5.78 Å². The van der Waals surface area contributed by atoms with Crippen molar-refractivity contribution in [2.24, 2.45) is 18.2 Å². The molecule has 0 aromatic carbocycles. The van der Waals surface area contributed by atoms with Crippen molar-refractivity contribution in [3.05, 3.63) is 18.0 Å². The first-order valence-corrected chi connectivity index (χ1v) is 4.41. The molecule has 2 rings (SSSR count). The van der Waals surface area contributed by atoms with Crippen LogP contribution in [0.2, 0.25) is 0 Å². The lowest BCUT2D eigenvalue weighted by atomic mass is 9.97. The molecule has 1 aromatic heterocycles. The van der Waals surface area contributed by atoms with E-state index < -0.39 is 0 Å². The van der Waals surface area contributed by atoms with Gasteiger partial charge in [-0.05, 0) is 12.8 Å². The predicted molar refractivity (Wildman–Crippen MR) is 48.3 cm³/mol. The van der Waals surface area contributed by atoms with E-state index in [1.54, 1.807) is 24.1 Å². The Hall–Kier alpha value is -1.16. The zero-order chi connectivity index (χ0) is 9.47. The number of aromatic nitrogens is 2. The molecule has 0 spiro atoms. The summed E-state index contributed by atoms with van der Waals surface area (Å²) < 4.78 is 1.64. The van der Waals surface area contributed by atoms with E-state index in [1.807, 2.05) is 0 Å². The van der Waals surface area contributed by atoms with Crippen molar-refractivity contribution in [2.75, 3.05) is 6.54 Å². The van der Waals surface area contributed by atoms with E-state index in [2.05, 4.69) is 5.10 Å². The summed E-state index contributed by atoms with van der Waals surface area (Å²) in [6.07, 6.45) is 5.21. The van der Waals surface area contributed by atoms with Gasteiger partial charge in [0.15, 0.2) is 5.78 Å². The number of carbonyl (C=O) groups is 1. The second kappa shape index (κ2) is 2.67. The molecule has 0 saturated heterocycles. The molecule has 0 radical (unpaired) electrons. The van der Waals surface area contributed by atoms with Gasteiger partial charge < -0.3 is 5.73 Å². The number of ketones is 1. The number of rotatable bonds is 3. The molecule has 1 heterocycles. The average molecular weight is 179 g/mol. The summed E-state index contributed by atoms with van der Waals surface area (Å²) in [7, 11) is 1.80. The summed E-state index contributed by atoms with van der Waals surface area (Å²) in [4.78, 5) is 11.8. The van der Waals surface area contributed by atoms with Gasteiger partial charge in [0.1, 0.15) is 0 Å². The van der Waals surface area contributed by atoms with Crippen LogP contribution in [0, 0.1) is 5.41 Å². The third-order valence-corrected chi connectivity index (χ3v) is 2.69. The van der Waals surface area contributed by atoms with Crippen LogP contribution >= 0.6 is 0 Å². The van der Waals surface area contributed by atoms with E-state index in [4.69, 9.17) is 5.73 Å². The molecule has 0 aliphatic heterocycles. The van der Waals surface area contributed by atoms with E-state index in [0.717, 1.165) is 12.8 Å². The van der Waals surface area contributed by atoms with Gasteiger partial charge in [-0.3, -0.25) is 9.48 Å². The molecule has 1 aliphatic rings. The number of nitrogens with two attached hydrogens (primary N) is 1. The largest absolute Gasteiger partial charge is 0.329 e. The second-order valence-electron chi connectivity index (χ2n) is 3.72. The number of hydrogen-bond acceptors (Lipinski definition) is 3. The Labute approximate surface area is 76.7 Å². The van der Waals surface area contributed by atoms with Crippen molar-refractivity contribution in [1.82, 2.24) is 9.78 Å². The minimum absolute atomic E-state index is 0.156. The van der Waals surface area contributed by atoms with Gasteiger partial charge >= 0.3 is 0 Å². The molecule has 0 atom stereocenters. The fourth-order valence-corrected chi connectivity index (χ4v) is 1.52. The zero-order valence-corrected chi connectivity index (χ0v) is 7.66. The molecule has 70 valence electrons. The lowest BCUT2D eigenvalue weighted by molar-refractivity contribution is 0.0905. The highest BCUT2D eigenvalue weighted by molar-refractivity contribution is 6.02. The van der Waals surface area contributed by atoms with Gasteiger partial charge in [-0.15, -0.1) is 0 Å². The summed E-state index contributed by atoms with van der Waals surface area (Å²) in [5.74, 6) is 0.156. The number of aryl methyl sites for hydroxylation is 1. The first kappa shape index (κ1) is 8.44. The molecule has 2 N–H and O–H groups in total. The highest BCUT2D eigenvalue weighted by atomic mass is 16.1. The van der Waals surface area contributed by atoms with E-state index >= 15 is 0 Å². The smallest absolute Gasteiger partial charge is 0.173 e. The maximum absolute atomic E-state index is 11.8. The van der Waals surface area contributed by atoms with Gasteiger partial charge in [0.05, 0.1) is 11.8 Å². The first-order valence-electron chi connectivity index (χ1n) is 4.41. The van der Waals surface area contributed by atoms with Gasteiger partial charge in [-0.2, -0.15) is 5.10 Å². The lowest BCUT2D eigenvalue weighted by Crippen LogP contribution is -2.25. The van der Waals surface area contributed by atoms with Crippen molar-refractivity contribution in [3.8, 4) is 0 Å². The Balaban J connectivity index is 2.23. The molecule has 0 bridgehead atoms. The zero-order valence-electron chi connectivity index (χ0n) is 7.66. The van der Waals surface area contributed by atoms with Gasteiger partial charge in [0, 0.05) is 25.2 Å². The highest BCUT2D eigenvalue weighted by Gasteiger charge is 2.48. The molecule has 0 unspecified atom stereocenters. The van der Waals surface area contributed by atoms with Crippen molar-refractivity contribution in [1.29, 1.82) is 0 Å². The Bertz CT molecular complexity index is 338. The van der Waals surface area contributed by atoms with Crippen LogP contribution in [0.15, 0.2) is 12.4 Å². The Kier molecular flexibility index (Phi) is 1.73. The SMILES string of the molecule is Cn1cc(C(=O)C2(CN)CC2)cn1. The second-order valence-corrected chi connectivity index (χ2v) is 3.72. The fraction of sp³-hybridized carbons (Fsp3) is 0.556. The topological polar surface area (TPSA) is 60.9 Å². The molecule has 1 saturated carbocycles. The van der Waals surface area contributed by atoms with E-state index in [-0.39, 0.29) is 11.2 Å². The van der Waals surface area contributed by atoms with E-state index in [0.29, 0.717) is 12.1 Å². The minimum atomic E-state index is -0.247. The van der Waals surface area contributed by atoms with Crippen LogP contribution in [0.3, 0.4) is 0 Å². The minimum Gasteiger partial charge on any atom is -0.329 e. The van der Waals surface area contributed by atoms with Crippen LogP contribution in [0.4, 0.5) is 0 Å². The normalized spacial score (nSPS) is 18.6. The van der Waals surface area contributed by atoms with Gasteiger partial charge in [-0.25, -0.2) is 0 Å². The van der Waals surface area contributed by atoms with Crippen molar-refractivity contribution in [3.63, 3.8) is 0 Å².